The van der Waals surface area contributed by atoms with Gasteiger partial charge in [0.1, 0.15) is 0 Å². The molecular formula is C9H8Cl3NO3S2. The predicted octanol–water partition coefficient (Wildman–Crippen LogP) is 3.39. The molecule has 0 heterocycles. The van der Waals surface area contributed by atoms with E-state index < -0.39 is 12.0 Å². The molecule has 1 rings (SSSR count). The van der Waals surface area contributed by atoms with Crippen LogP contribution in [0.4, 0.5) is 5.69 Å². The van der Waals surface area contributed by atoms with Crippen LogP contribution in [-0.2, 0) is 13.7 Å². The van der Waals surface area contributed by atoms with Gasteiger partial charge in [0.2, 0.25) is 14.8 Å². The third kappa shape index (κ3) is 5.24. The quantitative estimate of drug-likeness (QED) is 0.672. The number of carbonyl (C=O) groups excluding carboxylic acids is 1. The zero-order valence-electron chi connectivity index (χ0n) is 8.98. The third-order valence-corrected chi connectivity index (χ3v) is 6.43. The molecule has 0 fully saturated rings. The summed E-state index contributed by atoms with van der Waals surface area (Å²) in [6.07, 6.45) is 0. The molecule has 1 N–H and O–H groups in total. The van der Waals surface area contributed by atoms with Gasteiger partial charge in [-0.25, -0.2) is 8.42 Å². The van der Waals surface area contributed by atoms with Gasteiger partial charge in [0.25, 0.3) is 3.12 Å². The maximum Gasteiger partial charge on any atom is 0.252 e. The molecule has 0 atom stereocenters. The van der Waals surface area contributed by atoms with E-state index in [0.29, 0.717) is 5.69 Å². The van der Waals surface area contributed by atoms with E-state index >= 15 is 0 Å². The molecule has 0 aliphatic rings. The average Bonchev–Trinajstić information content (AvgIpc) is 2.13. The van der Waals surface area contributed by atoms with Crippen molar-refractivity contribution in [2.75, 3.05) is 5.32 Å². The highest BCUT2D eigenvalue weighted by Gasteiger charge is 2.31. The molecule has 1 amide bonds. The highest BCUT2D eigenvalue weighted by molar-refractivity contribution is 8.73. The van der Waals surface area contributed by atoms with Crippen LogP contribution in [0, 0.1) is 0 Å². The summed E-state index contributed by atoms with van der Waals surface area (Å²) in [6, 6.07) is 5.55. The number of hydrogen-bond donors (Lipinski definition) is 1. The number of amides is 1. The Hall–Kier alpha value is -0.140. The van der Waals surface area contributed by atoms with E-state index in [9.17, 15) is 13.2 Å². The van der Waals surface area contributed by atoms with E-state index in [1.807, 2.05) is 0 Å². The molecule has 0 radical (unpaired) electrons. The molecule has 1 aromatic rings. The number of halogens is 3. The lowest BCUT2D eigenvalue weighted by molar-refractivity contribution is -0.114. The van der Waals surface area contributed by atoms with Crippen LogP contribution in [-0.4, -0.2) is 17.4 Å². The maximum atomic E-state index is 11.8. The lowest BCUT2D eigenvalue weighted by Crippen LogP contribution is -2.07. The van der Waals surface area contributed by atoms with Crippen molar-refractivity contribution < 1.29 is 13.2 Å². The minimum absolute atomic E-state index is 0.00655. The van der Waals surface area contributed by atoms with Gasteiger partial charge in [-0.3, -0.25) is 4.79 Å². The Morgan fingerprint density at radius 3 is 2.11 bits per heavy atom. The first-order chi connectivity index (χ1) is 8.10. The fraction of sp³-hybridized carbons (Fsp3) is 0.222. The van der Waals surface area contributed by atoms with Crippen LogP contribution in [0.2, 0.25) is 0 Å². The minimum atomic E-state index is -3.76. The maximum absolute atomic E-state index is 11.8. The molecule has 0 aliphatic carbocycles. The summed E-state index contributed by atoms with van der Waals surface area (Å²) in [5.74, 6) is -0.249. The summed E-state index contributed by atoms with van der Waals surface area (Å²) in [7, 11) is -3.54. The molecule has 18 heavy (non-hydrogen) atoms. The van der Waals surface area contributed by atoms with Crippen molar-refractivity contribution >= 4 is 66.1 Å². The van der Waals surface area contributed by atoms with Gasteiger partial charge in [-0.1, -0.05) is 34.8 Å². The molecular weight excluding hydrogens is 341 g/mol. The van der Waals surface area contributed by atoms with Gasteiger partial charge in [-0.15, -0.1) is 0 Å². The zero-order valence-corrected chi connectivity index (χ0v) is 12.9. The highest BCUT2D eigenvalue weighted by atomic mass is 35.6. The zero-order chi connectivity index (χ0) is 14.0. The second kappa shape index (κ2) is 5.88. The Bertz CT molecular complexity index is 537. The van der Waals surface area contributed by atoms with E-state index in [1.54, 1.807) is 0 Å². The third-order valence-electron chi connectivity index (χ3n) is 1.67. The molecule has 0 aromatic heterocycles. The summed E-state index contributed by atoms with van der Waals surface area (Å²) >= 11 is 16.3. The average molecular weight is 349 g/mol. The Morgan fingerprint density at radius 1 is 1.22 bits per heavy atom. The monoisotopic (exact) mass is 347 g/mol. The summed E-state index contributed by atoms with van der Waals surface area (Å²) in [5.41, 5.74) is 0.486. The van der Waals surface area contributed by atoms with Gasteiger partial charge in [0.05, 0.1) is 4.90 Å². The molecule has 4 nitrogen and oxygen atoms in total. The smallest absolute Gasteiger partial charge is 0.252 e. The fourth-order valence-electron chi connectivity index (χ4n) is 1.08. The normalized spacial score (nSPS) is 12.2. The van der Waals surface area contributed by atoms with Crippen molar-refractivity contribution in [2.24, 2.45) is 0 Å². The molecule has 100 valence electrons. The number of benzene rings is 1. The highest BCUT2D eigenvalue weighted by Crippen LogP contribution is 2.44. The van der Waals surface area contributed by atoms with Gasteiger partial charge in [0, 0.05) is 23.4 Å². The second-order valence-corrected chi connectivity index (χ2v) is 10.1. The number of hydrogen-bond acceptors (Lipinski definition) is 4. The SMILES string of the molecule is CC(=O)Nc1ccc(S(=O)(=O)SC(Cl)(Cl)Cl)cc1. The Morgan fingerprint density at radius 2 is 1.72 bits per heavy atom. The van der Waals surface area contributed by atoms with Crippen LogP contribution in [0.1, 0.15) is 6.92 Å². The van der Waals surface area contributed by atoms with Gasteiger partial charge in [-0.2, -0.15) is 0 Å². The summed E-state index contributed by atoms with van der Waals surface area (Å²) in [4.78, 5) is 10.8. The first kappa shape index (κ1) is 15.9. The van der Waals surface area contributed by atoms with Crippen molar-refractivity contribution in [1.29, 1.82) is 0 Å². The van der Waals surface area contributed by atoms with Crippen molar-refractivity contribution in [2.45, 2.75) is 14.9 Å². The molecule has 0 spiro atoms. The predicted molar refractivity (Wildman–Crippen MR) is 75.8 cm³/mol. The summed E-state index contributed by atoms with van der Waals surface area (Å²) < 4.78 is 21.7. The van der Waals surface area contributed by atoms with E-state index in [0.717, 1.165) is 0 Å². The van der Waals surface area contributed by atoms with Crippen LogP contribution in [0.3, 0.4) is 0 Å². The van der Waals surface area contributed by atoms with Crippen LogP contribution in [0.5, 0.6) is 0 Å². The number of rotatable bonds is 3. The Kier molecular flexibility index (Phi) is 5.20. The Labute approximate surface area is 123 Å². The van der Waals surface area contributed by atoms with E-state index in [4.69, 9.17) is 34.8 Å². The first-order valence-electron chi connectivity index (χ1n) is 4.50. The van der Waals surface area contributed by atoms with Crippen LogP contribution in [0.15, 0.2) is 29.2 Å². The van der Waals surface area contributed by atoms with Crippen LogP contribution < -0.4 is 5.32 Å². The van der Waals surface area contributed by atoms with Crippen LogP contribution >= 0.6 is 45.6 Å². The van der Waals surface area contributed by atoms with E-state index in [-0.39, 0.29) is 21.6 Å². The fourth-order valence-corrected chi connectivity index (χ4v) is 5.50. The van der Waals surface area contributed by atoms with Crippen molar-refractivity contribution in [3.05, 3.63) is 24.3 Å². The minimum Gasteiger partial charge on any atom is -0.326 e. The largest absolute Gasteiger partial charge is 0.326 e. The van der Waals surface area contributed by atoms with Crippen LogP contribution in [0.25, 0.3) is 0 Å². The van der Waals surface area contributed by atoms with Crippen molar-refractivity contribution in [3.63, 3.8) is 0 Å². The topological polar surface area (TPSA) is 63.2 Å². The van der Waals surface area contributed by atoms with Gasteiger partial charge in [-0.05, 0) is 24.3 Å². The number of carbonyl (C=O) groups is 1. The molecule has 0 aliphatic heterocycles. The number of alkyl halides is 3. The summed E-state index contributed by atoms with van der Waals surface area (Å²) in [5, 5.41) is 2.51. The van der Waals surface area contributed by atoms with Gasteiger partial charge >= 0.3 is 0 Å². The standard InChI is InChI=1S/C9H8Cl3NO3S2/c1-6(14)13-7-2-4-8(5-3-7)18(15,16)17-9(10,11)12/h2-5H,1H3,(H,13,14). The molecule has 1 aromatic carbocycles. The van der Waals surface area contributed by atoms with E-state index in [2.05, 4.69) is 5.32 Å². The molecule has 0 saturated heterocycles. The Balaban J connectivity index is 2.94. The molecule has 0 unspecified atom stereocenters. The van der Waals surface area contributed by atoms with Gasteiger partial charge in [0.15, 0.2) is 0 Å². The number of nitrogens with one attached hydrogen (secondary N) is 1. The number of anilines is 1. The van der Waals surface area contributed by atoms with E-state index in [1.165, 1.54) is 31.2 Å². The van der Waals surface area contributed by atoms with Crippen molar-refractivity contribution in [3.8, 4) is 0 Å². The lowest BCUT2D eigenvalue weighted by atomic mass is 10.3. The molecule has 0 saturated carbocycles. The second-order valence-electron chi connectivity index (χ2n) is 3.19. The van der Waals surface area contributed by atoms with Gasteiger partial charge < -0.3 is 5.32 Å². The summed E-state index contributed by atoms with van der Waals surface area (Å²) in [6.45, 7) is 1.35. The van der Waals surface area contributed by atoms with Crippen molar-refractivity contribution in [1.82, 2.24) is 0 Å². The molecule has 0 bridgehead atoms. The first-order valence-corrected chi connectivity index (χ1v) is 8.45. The lowest BCUT2D eigenvalue weighted by Gasteiger charge is -2.10. The molecule has 9 heteroatoms.